The lowest BCUT2D eigenvalue weighted by atomic mass is 10.0. The highest BCUT2D eigenvalue weighted by atomic mass is 16.5. The Balaban J connectivity index is 2.42. The van der Waals surface area contributed by atoms with Crippen molar-refractivity contribution in [1.82, 2.24) is 0 Å². The van der Waals surface area contributed by atoms with Crippen LogP contribution in [0.5, 0.6) is 0 Å². The molecule has 0 N–H and O–H groups in total. The summed E-state index contributed by atoms with van der Waals surface area (Å²) in [6.07, 6.45) is 0.797. The fourth-order valence-electron chi connectivity index (χ4n) is 1.78. The smallest absolute Gasteiger partial charge is 0.342 e. The van der Waals surface area contributed by atoms with Gasteiger partial charge in [-0.15, -0.1) is 0 Å². The van der Waals surface area contributed by atoms with Gasteiger partial charge >= 0.3 is 5.97 Å². The zero-order chi connectivity index (χ0) is 10.3. The first-order valence-electron chi connectivity index (χ1n) is 4.88. The van der Waals surface area contributed by atoms with Crippen molar-refractivity contribution >= 4 is 5.97 Å². The molecule has 0 amide bonds. The number of esters is 1. The summed E-state index contributed by atoms with van der Waals surface area (Å²) in [6, 6.07) is 0. The Morgan fingerprint density at radius 2 is 2.14 bits per heavy atom. The standard InChI is InChI=1S/C11H14O3/c1-6(2)4-9-10-8(7(3)14-9)5-13-11(10)12/h6H,4-5H2,1-3H3. The van der Waals surface area contributed by atoms with Crippen LogP contribution in [0.2, 0.25) is 0 Å². The van der Waals surface area contributed by atoms with Crippen molar-refractivity contribution in [1.29, 1.82) is 0 Å². The average molecular weight is 194 g/mol. The molecule has 1 aromatic rings. The maximum atomic E-state index is 11.4. The molecule has 0 aliphatic carbocycles. The predicted octanol–water partition coefficient (Wildman–Crippen LogP) is 2.46. The maximum Gasteiger partial charge on any atom is 0.342 e. The number of hydrogen-bond donors (Lipinski definition) is 0. The van der Waals surface area contributed by atoms with E-state index < -0.39 is 0 Å². The number of rotatable bonds is 2. The molecule has 2 rings (SSSR count). The Morgan fingerprint density at radius 3 is 2.79 bits per heavy atom. The number of hydrogen-bond acceptors (Lipinski definition) is 3. The van der Waals surface area contributed by atoms with E-state index in [2.05, 4.69) is 13.8 Å². The molecule has 14 heavy (non-hydrogen) atoms. The van der Waals surface area contributed by atoms with Gasteiger partial charge in [0.1, 0.15) is 23.7 Å². The van der Waals surface area contributed by atoms with Gasteiger partial charge in [0.05, 0.1) is 0 Å². The Kier molecular flexibility index (Phi) is 2.10. The van der Waals surface area contributed by atoms with Crippen LogP contribution in [0.25, 0.3) is 0 Å². The molecule has 0 atom stereocenters. The van der Waals surface area contributed by atoms with Crippen LogP contribution < -0.4 is 0 Å². The third-order valence-corrected chi connectivity index (χ3v) is 2.43. The van der Waals surface area contributed by atoms with Crippen molar-refractivity contribution in [3.05, 3.63) is 22.6 Å². The lowest BCUT2D eigenvalue weighted by molar-refractivity contribution is 0.0527. The minimum absolute atomic E-state index is 0.229. The quantitative estimate of drug-likeness (QED) is 0.679. The fourth-order valence-corrected chi connectivity index (χ4v) is 1.78. The minimum atomic E-state index is -0.229. The van der Waals surface area contributed by atoms with Gasteiger partial charge in [0.2, 0.25) is 0 Å². The van der Waals surface area contributed by atoms with Crippen LogP contribution >= 0.6 is 0 Å². The first-order valence-corrected chi connectivity index (χ1v) is 4.88. The average Bonchev–Trinajstić information content (AvgIpc) is 2.56. The second kappa shape index (κ2) is 3.15. The Morgan fingerprint density at radius 1 is 1.43 bits per heavy atom. The number of cyclic esters (lactones) is 1. The van der Waals surface area contributed by atoms with Crippen molar-refractivity contribution < 1.29 is 13.9 Å². The second-order valence-corrected chi connectivity index (χ2v) is 4.11. The van der Waals surface area contributed by atoms with Gasteiger partial charge in [-0.25, -0.2) is 4.79 Å². The van der Waals surface area contributed by atoms with E-state index in [4.69, 9.17) is 9.15 Å². The second-order valence-electron chi connectivity index (χ2n) is 4.11. The lowest BCUT2D eigenvalue weighted by Crippen LogP contribution is -2.01. The van der Waals surface area contributed by atoms with Gasteiger partial charge in [-0.3, -0.25) is 0 Å². The molecule has 0 radical (unpaired) electrons. The summed E-state index contributed by atoms with van der Waals surface area (Å²) in [6.45, 7) is 6.46. The van der Waals surface area contributed by atoms with E-state index in [0.29, 0.717) is 18.1 Å². The van der Waals surface area contributed by atoms with Crippen LogP contribution in [0.15, 0.2) is 4.42 Å². The molecule has 0 saturated heterocycles. The highest BCUT2D eigenvalue weighted by Crippen LogP contribution is 2.30. The Bertz CT molecular complexity index is 374. The summed E-state index contributed by atoms with van der Waals surface area (Å²) < 4.78 is 10.5. The van der Waals surface area contributed by atoms with Gasteiger partial charge in [-0.2, -0.15) is 0 Å². The first-order chi connectivity index (χ1) is 6.59. The monoisotopic (exact) mass is 194 g/mol. The molecular formula is C11H14O3. The lowest BCUT2D eigenvalue weighted by Gasteiger charge is -2.02. The van der Waals surface area contributed by atoms with E-state index in [1.54, 1.807) is 0 Å². The molecule has 0 saturated carbocycles. The third kappa shape index (κ3) is 1.33. The molecule has 0 bridgehead atoms. The fraction of sp³-hybridized carbons (Fsp3) is 0.545. The van der Waals surface area contributed by atoms with Crippen LogP contribution in [0.1, 0.15) is 41.3 Å². The molecule has 1 aromatic heterocycles. The summed E-state index contributed by atoms with van der Waals surface area (Å²) in [5.41, 5.74) is 1.61. The molecule has 1 aliphatic rings. The molecule has 1 aliphatic heterocycles. The van der Waals surface area contributed by atoms with Gasteiger partial charge in [0, 0.05) is 12.0 Å². The summed E-state index contributed by atoms with van der Waals surface area (Å²) in [5, 5.41) is 0. The van der Waals surface area contributed by atoms with E-state index in [1.807, 2.05) is 6.92 Å². The molecule has 2 heterocycles. The summed E-state index contributed by atoms with van der Waals surface area (Å²) in [4.78, 5) is 11.4. The zero-order valence-electron chi connectivity index (χ0n) is 8.72. The summed E-state index contributed by atoms with van der Waals surface area (Å²) in [7, 11) is 0. The molecule has 0 fully saturated rings. The van der Waals surface area contributed by atoms with E-state index >= 15 is 0 Å². The van der Waals surface area contributed by atoms with E-state index in [9.17, 15) is 4.79 Å². The maximum absolute atomic E-state index is 11.4. The van der Waals surface area contributed by atoms with E-state index in [-0.39, 0.29) is 5.97 Å². The molecule has 76 valence electrons. The predicted molar refractivity (Wildman–Crippen MR) is 51.1 cm³/mol. The molecule has 3 heteroatoms. The highest BCUT2D eigenvalue weighted by Gasteiger charge is 2.30. The molecule has 0 aromatic carbocycles. The van der Waals surface area contributed by atoms with E-state index in [1.165, 1.54) is 0 Å². The Hall–Kier alpha value is -1.25. The highest BCUT2D eigenvalue weighted by molar-refractivity contribution is 5.94. The summed E-state index contributed by atoms with van der Waals surface area (Å²) in [5.74, 6) is 1.86. The van der Waals surface area contributed by atoms with Gasteiger partial charge in [0.15, 0.2) is 0 Å². The van der Waals surface area contributed by atoms with Crippen LogP contribution in [0.3, 0.4) is 0 Å². The van der Waals surface area contributed by atoms with Gasteiger partial charge in [-0.05, 0) is 12.8 Å². The van der Waals surface area contributed by atoms with Crippen LogP contribution in [0, 0.1) is 12.8 Å². The van der Waals surface area contributed by atoms with Crippen LogP contribution in [-0.2, 0) is 17.8 Å². The van der Waals surface area contributed by atoms with Gasteiger partial charge in [0.25, 0.3) is 0 Å². The molecule has 0 spiro atoms. The van der Waals surface area contributed by atoms with Crippen molar-refractivity contribution in [2.45, 2.75) is 33.8 Å². The Labute approximate surface area is 83.0 Å². The number of furan rings is 1. The molecule has 3 nitrogen and oxygen atoms in total. The topological polar surface area (TPSA) is 39.4 Å². The van der Waals surface area contributed by atoms with E-state index in [0.717, 1.165) is 23.5 Å². The van der Waals surface area contributed by atoms with Crippen LogP contribution in [-0.4, -0.2) is 5.97 Å². The number of carbonyl (C=O) groups excluding carboxylic acids is 1. The number of ether oxygens (including phenoxy) is 1. The first kappa shape index (κ1) is 9.31. The number of carbonyl (C=O) groups is 1. The molecular weight excluding hydrogens is 180 g/mol. The van der Waals surface area contributed by atoms with Crippen molar-refractivity contribution in [3.63, 3.8) is 0 Å². The van der Waals surface area contributed by atoms with Crippen molar-refractivity contribution in [2.75, 3.05) is 0 Å². The SMILES string of the molecule is Cc1oc(CC(C)C)c2c1COC2=O. The minimum Gasteiger partial charge on any atom is -0.465 e. The third-order valence-electron chi connectivity index (χ3n) is 2.43. The molecule has 0 unspecified atom stereocenters. The zero-order valence-corrected chi connectivity index (χ0v) is 8.72. The van der Waals surface area contributed by atoms with Crippen molar-refractivity contribution in [2.24, 2.45) is 5.92 Å². The summed E-state index contributed by atoms with van der Waals surface area (Å²) >= 11 is 0. The van der Waals surface area contributed by atoms with Crippen LogP contribution in [0.4, 0.5) is 0 Å². The number of aryl methyl sites for hydroxylation is 1. The van der Waals surface area contributed by atoms with Gasteiger partial charge in [-0.1, -0.05) is 13.8 Å². The van der Waals surface area contributed by atoms with Crippen molar-refractivity contribution in [3.8, 4) is 0 Å². The number of fused-ring (bicyclic) bond motifs is 1. The van der Waals surface area contributed by atoms with Gasteiger partial charge < -0.3 is 9.15 Å². The largest absolute Gasteiger partial charge is 0.465 e. The normalized spacial score (nSPS) is 14.7.